The molecule has 2 aromatic rings. The Morgan fingerprint density at radius 1 is 1.23 bits per heavy atom. The summed E-state index contributed by atoms with van der Waals surface area (Å²) < 4.78 is 71.8. The van der Waals surface area contributed by atoms with Gasteiger partial charge < -0.3 is 21.1 Å². The lowest BCUT2D eigenvalue weighted by atomic mass is 10.00. The summed E-state index contributed by atoms with van der Waals surface area (Å²) in [6.07, 6.45) is -4.72. The molecule has 1 radical (unpaired) electrons. The Balaban J connectivity index is 1.69. The third-order valence-corrected chi connectivity index (χ3v) is 4.42. The van der Waals surface area contributed by atoms with Gasteiger partial charge in [0.1, 0.15) is 17.6 Å². The number of aromatic nitrogens is 1. The van der Waals surface area contributed by atoms with Crippen molar-refractivity contribution in [3.05, 3.63) is 59.3 Å². The monoisotopic (exact) mass is 443 g/mol. The Kier molecular flexibility index (Phi) is 6.39. The van der Waals surface area contributed by atoms with Crippen LogP contribution in [0.2, 0.25) is 0 Å². The van der Waals surface area contributed by atoms with E-state index in [-0.39, 0.29) is 36.9 Å². The maximum absolute atomic E-state index is 14.3. The van der Waals surface area contributed by atoms with Crippen molar-refractivity contribution in [1.82, 2.24) is 10.3 Å². The Morgan fingerprint density at radius 2 is 1.97 bits per heavy atom. The van der Waals surface area contributed by atoms with Gasteiger partial charge in [-0.05, 0) is 24.6 Å². The molecule has 12 heteroatoms. The van der Waals surface area contributed by atoms with Crippen LogP contribution in [0.4, 0.5) is 33.3 Å². The molecule has 1 atom stereocenters. The Morgan fingerprint density at radius 3 is 2.61 bits per heavy atom. The van der Waals surface area contributed by atoms with Crippen LogP contribution < -0.4 is 16.4 Å². The van der Waals surface area contributed by atoms with Gasteiger partial charge in [0.15, 0.2) is 6.10 Å². The van der Waals surface area contributed by atoms with Gasteiger partial charge in [0.25, 0.3) is 0 Å². The molecule has 2 amide bonds. The summed E-state index contributed by atoms with van der Waals surface area (Å²) >= 11 is 0. The van der Waals surface area contributed by atoms with Gasteiger partial charge in [-0.3, -0.25) is 14.6 Å². The topological polar surface area (TPSA) is 106 Å². The van der Waals surface area contributed by atoms with E-state index >= 15 is 0 Å². The maximum Gasteiger partial charge on any atom is 0.418 e. The summed E-state index contributed by atoms with van der Waals surface area (Å²) in [6, 6.07) is 2.91. The molecule has 1 aromatic carbocycles. The third-order valence-electron chi connectivity index (χ3n) is 4.42. The second-order valence-corrected chi connectivity index (χ2v) is 6.58. The lowest BCUT2D eigenvalue weighted by Crippen LogP contribution is -2.40. The van der Waals surface area contributed by atoms with Crippen molar-refractivity contribution in [2.75, 3.05) is 11.9 Å². The number of rotatable bonds is 6. The van der Waals surface area contributed by atoms with Crippen molar-refractivity contribution in [3.8, 4) is 0 Å². The molecule has 0 spiro atoms. The molecule has 0 aliphatic carbocycles. The minimum Gasteiger partial charge on any atom is -0.367 e. The smallest absolute Gasteiger partial charge is 0.367 e. The number of ether oxygens (including phenoxy) is 1. The zero-order valence-corrected chi connectivity index (χ0v) is 15.7. The number of primary amides is 1. The van der Waals surface area contributed by atoms with Gasteiger partial charge in [-0.1, -0.05) is 0 Å². The fourth-order valence-electron chi connectivity index (χ4n) is 2.96. The molecule has 2 heterocycles. The molecule has 1 fully saturated rings. The van der Waals surface area contributed by atoms with E-state index in [0.717, 1.165) is 24.4 Å². The molecule has 3 rings (SSSR count). The van der Waals surface area contributed by atoms with Crippen LogP contribution in [0, 0.1) is 17.6 Å². The summed E-state index contributed by atoms with van der Waals surface area (Å²) in [5.74, 6) is -3.33. The van der Waals surface area contributed by atoms with Gasteiger partial charge in [-0.25, -0.2) is 8.78 Å². The fraction of sp³-hybridized carbons (Fsp3) is 0.263. The predicted molar refractivity (Wildman–Crippen MR) is 97.5 cm³/mol. The number of nitrogens with zero attached hydrogens (tertiary/aromatic N) is 1. The molecule has 0 saturated carbocycles. The van der Waals surface area contributed by atoms with Crippen molar-refractivity contribution >= 4 is 23.2 Å². The molecule has 1 aromatic heterocycles. The highest BCUT2D eigenvalue weighted by Gasteiger charge is 2.38. The number of hydrogen-bond donors (Lipinski definition) is 3. The molecule has 1 aliphatic rings. The van der Waals surface area contributed by atoms with Crippen LogP contribution in [0.15, 0.2) is 30.5 Å². The quantitative estimate of drug-likeness (QED) is 0.595. The highest BCUT2D eigenvalue weighted by molar-refractivity contribution is 5.98. The summed E-state index contributed by atoms with van der Waals surface area (Å²) in [7, 11) is 0. The summed E-state index contributed by atoms with van der Waals surface area (Å²) in [5.41, 5.74) is 3.10. The first-order valence-corrected chi connectivity index (χ1v) is 8.89. The minimum absolute atomic E-state index is 0.113. The van der Waals surface area contributed by atoms with E-state index in [1.165, 1.54) is 0 Å². The number of carbonyl (C=O) groups is 2. The van der Waals surface area contributed by atoms with E-state index in [1.54, 1.807) is 0 Å². The molecule has 31 heavy (non-hydrogen) atoms. The summed E-state index contributed by atoms with van der Waals surface area (Å²) in [5, 5.41) is 4.75. The summed E-state index contributed by atoms with van der Waals surface area (Å²) in [4.78, 5) is 27.2. The van der Waals surface area contributed by atoms with Crippen LogP contribution in [-0.4, -0.2) is 29.5 Å². The predicted octanol–water partition coefficient (Wildman–Crippen LogP) is 2.59. The average molecular weight is 443 g/mol. The van der Waals surface area contributed by atoms with E-state index in [4.69, 9.17) is 10.5 Å². The van der Waals surface area contributed by atoms with Gasteiger partial charge in [-0.2, -0.15) is 13.2 Å². The number of halogens is 5. The van der Waals surface area contributed by atoms with Crippen LogP contribution >= 0.6 is 0 Å². The number of carbonyl (C=O) groups excluding carboxylic acids is 2. The van der Waals surface area contributed by atoms with Crippen molar-refractivity contribution < 1.29 is 36.3 Å². The van der Waals surface area contributed by atoms with Crippen LogP contribution in [0.3, 0.4) is 0 Å². The van der Waals surface area contributed by atoms with E-state index < -0.39 is 47.0 Å². The molecule has 1 aliphatic heterocycles. The Labute approximate surface area is 172 Å². The van der Waals surface area contributed by atoms with E-state index in [2.05, 4.69) is 15.6 Å². The number of hydrogen-bond acceptors (Lipinski definition) is 5. The second kappa shape index (κ2) is 8.84. The highest BCUT2D eigenvalue weighted by Crippen LogP contribution is 2.36. The van der Waals surface area contributed by atoms with Gasteiger partial charge in [0.2, 0.25) is 11.8 Å². The lowest BCUT2D eigenvalue weighted by molar-refractivity contribution is -0.137. The number of nitrogens with two attached hydrogens (primary N) is 1. The van der Waals surface area contributed by atoms with Gasteiger partial charge in [0, 0.05) is 12.7 Å². The largest absolute Gasteiger partial charge is 0.418 e. The molecular formula is C19H16F5N4O3. The molecule has 0 bridgehead atoms. The fourth-order valence-corrected chi connectivity index (χ4v) is 2.96. The van der Waals surface area contributed by atoms with Crippen molar-refractivity contribution in [1.29, 1.82) is 0 Å². The average Bonchev–Trinajstić information content (AvgIpc) is 3.18. The zero-order valence-electron chi connectivity index (χ0n) is 15.7. The zero-order chi connectivity index (χ0) is 22.8. The van der Waals surface area contributed by atoms with E-state index in [0.29, 0.717) is 6.07 Å². The van der Waals surface area contributed by atoms with E-state index in [9.17, 15) is 31.5 Å². The second-order valence-electron chi connectivity index (χ2n) is 6.58. The first-order valence-electron chi connectivity index (χ1n) is 8.89. The standard InChI is InChI=1S/C19H16F5N4O3/c20-9-1-2-14(12(5-9)19(22,23)24)28-10-6-13(21)15(26-7-10)8-27-18(30)11-3-4-31-16(11)17(25)29/h1-2,5-7,16,28H,3-4,8H2,(H2,25,29)(H,27,30). The lowest BCUT2D eigenvalue weighted by Gasteiger charge is -2.16. The van der Waals surface area contributed by atoms with Crippen LogP contribution in [-0.2, 0) is 27.0 Å². The molecule has 1 saturated heterocycles. The van der Waals surface area contributed by atoms with Gasteiger partial charge in [-0.15, -0.1) is 0 Å². The highest BCUT2D eigenvalue weighted by atomic mass is 19.4. The van der Waals surface area contributed by atoms with Gasteiger partial charge >= 0.3 is 6.18 Å². The van der Waals surface area contributed by atoms with Crippen LogP contribution in [0.25, 0.3) is 0 Å². The van der Waals surface area contributed by atoms with Crippen molar-refractivity contribution in [2.24, 2.45) is 5.73 Å². The van der Waals surface area contributed by atoms with Crippen LogP contribution in [0.1, 0.15) is 17.7 Å². The third kappa shape index (κ3) is 5.26. The first kappa shape index (κ1) is 22.4. The first-order chi connectivity index (χ1) is 14.6. The van der Waals surface area contributed by atoms with Crippen LogP contribution in [0.5, 0.6) is 0 Å². The number of amides is 2. The minimum atomic E-state index is -4.83. The maximum atomic E-state index is 14.3. The summed E-state index contributed by atoms with van der Waals surface area (Å²) in [6.45, 7) is -0.198. The van der Waals surface area contributed by atoms with E-state index in [1.807, 2.05) is 0 Å². The van der Waals surface area contributed by atoms with Gasteiger partial charge in [0.05, 0.1) is 35.4 Å². The number of nitrogens with one attached hydrogen (secondary N) is 2. The molecular weight excluding hydrogens is 427 g/mol. The number of benzene rings is 1. The molecule has 1 unspecified atom stereocenters. The Hall–Kier alpha value is -3.28. The van der Waals surface area contributed by atoms with Crippen molar-refractivity contribution in [2.45, 2.75) is 25.2 Å². The molecule has 7 nitrogen and oxygen atoms in total. The number of pyridine rings is 1. The normalized spacial score (nSPS) is 16.9. The Bertz CT molecular complexity index is 999. The molecule has 4 N–H and O–H groups in total. The number of alkyl halides is 3. The van der Waals surface area contributed by atoms with Crippen molar-refractivity contribution in [3.63, 3.8) is 0 Å². The SMILES string of the molecule is NC(=O)C1OCC[C]1C(=O)NCc1ncc(Nc2ccc(F)cc2C(F)(F)F)cc1F. The number of anilines is 2. The molecule has 165 valence electrons.